The van der Waals surface area contributed by atoms with Gasteiger partial charge in [-0.25, -0.2) is 0 Å². The zero-order valence-corrected chi connectivity index (χ0v) is 24.4. The van der Waals surface area contributed by atoms with Crippen LogP contribution in [0.4, 0.5) is 0 Å². The van der Waals surface area contributed by atoms with Gasteiger partial charge in [0, 0.05) is 0 Å². The first-order valence-corrected chi connectivity index (χ1v) is 13.7. The van der Waals surface area contributed by atoms with Gasteiger partial charge in [-0.2, -0.15) is 0 Å². The van der Waals surface area contributed by atoms with Crippen molar-refractivity contribution >= 4 is 22.1 Å². The molecule has 0 atom stereocenters. The lowest BCUT2D eigenvalue weighted by molar-refractivity contribution is 0.284. The molecule has 0 aliphatic heterocycles. The van der Waals surface area contributed by atoms with E-state index in [1.807, 2.05) is 79.7 Å². The maximum atomic E-state index is 10.3. The summed E-state index contributed by atoms with van der Waals surface area (Å²) in [5, 5.41) is 37.8. The van der Waals surface area contributed by atoms with Crippen LogP contribution in [0.1, 0.15) is 52.2 Å². The van der Waals surface area contributed by atoms with Crippen LogP contribution in [0.15, 0.2) is 84.9 Å². The van der Waals surface area contributed by atoms with E-state index in [2.05, 4.69) is 55.0 Å². The van der Waals surface area contributed by atoms with Crippen LogP contribution in [0.2, 0.25) is 0 Å². The van der Waals surface area contributed by atoms with Gasteiger partial charge in [-0.1, -0.05) is 71.0 Å². The predicted molar refractivity (Wildman–Crippen MR) is 163 cm³/mol. The lowest BCUT2D eigenvalue weighted by Gasteiger charge is -2.33. The molecular weight excluding hydrogens is 512 g/mol. The van der Waals surface area contributed by atoms with Gasteiger partial charge in [0.25, 0.3) is 0 Å². The molecule has 0 spiro atoms. The summed E-state index contributed by atoms with van der Waals surface area (Å²) >= 11 is 0. The number of phenolic OH excluding ortho intramolecular Hbond substituents is 2. The normalized spacial score (nSPS) is 12.0. The van der Waals surface area contributed by atoms with Crippen LogP contribution in [0.25, 0.3) is 33.4 Å². The average Bonchev–Trinajstić information content (AvgIpc) is 3.53. The monoisotopic (exact) mass is 548 g/mol. The second kappa shape index (κ2) is 10.7. The zero-order chi connectivity index (χ0) is 29.4. The molecule has 0 aliphatic carbocycles. The number of phenols is 2. The Hall–Kier alpha value is -4.72. The summed E-state index contributed by atoms with van der Waals surface area (Å²) in [6, 6.07) is 26.4. The zero-order valence-electron chi connectivity index (χ0n) is 24.4. The van der Waals surface area contributed by atoms with E-state index in [9.17, 15) is 10.2 Å². The van der Waals surface area contributed by atoms with Crippen LogP contribution in [0.3, 0.4) is 0 Å². The Kier molecular flexibility index (Phi) is 7.26. The van der Waals surface area contributed by atoms with E-state index in [0.717, 1.165) is 34.1 Å². The second-order valence-electron chi connectivity index (χ2n) is 12.3. The van der Waals surface area contributed by atoms with Gasteiger partial charge in [-0.05, 0) is 83.8 Å². The first-order chi connectivity index (χ1) is 19.4. The smallest absolute Gasteiger partial charge is 0.143 e. The van der Waals surface area contributed by atoms with Gasteiger partial charge in [0.05, 0.1) is 0 Å². The molecule has 6 aromatic rings. The Morgan fingerprint density at radius 1 is 0.585 bits per heavy atom. The highest BCUT2D eigenvalue weighted by atomic mass is 16.3. The number of benzene rings is 4. The summed E-state index contributed by atoms with van der Waals surface area (Å²) in [5.74, 6) is 0.363. The molecule has 8 heteroatoms. The number of hydrogen-bond acceptors (Lipinski definition) is 6. The molecule has 2 heterocycles. The van der Waals surface area contributed by atoms with Crippen molar-refractivity contribution in [3.8, 4) is 22.9 Å². The van der Waals surface area contributed by atoms with Crippen molar-refractivity contribution in [2.45, 2.75) is 53.4 Å². The molecule has 41 heavy (non-hydrogen) atoms. The van der Waals surface area contributed by atoms with Crippen molar-refractivity contribution in [3.05, 3.63) is 96.1 Å². The maximum Gasteiger partial charge on any atom is 0.143 e. The van der Waals surface area contributed by atoms with Gasteiger partial charge >= 0.3 is 0 Å². The number of nitrogens with zero attached hydrogens (tertiary/aromatic N) is 6. The number of rotatable bonds is 4. The van der Waals surface area contributed by atoms with Crippen molar-refractivity contribution in [1.29, 1.82) is 0 Å². The first-order valence-electron chi connectivity index (χ1n) is 13.7. The van der Waals surface area contributed by atoms with Crippen molar-refractivity contribution in [3.63, 3.8) is 0 Å². The van der Waals surface area contributed by atoms with Crippen molar-refractivity contribution in [2.24, 2.45) is 5.41 Å². The Balaban J connectivity index is 0.000000174. The van der Waals surface area contributed by atoms with Crippen LogP contribution in [-0.4, -0.2) is 40.2 Å². The van der Waals surface area contributed by atoms with Crippen LogP contribution >= 0.6 is 0 Å². The molecule has 0 fully saturated rings. The molecular formula is C33H36N6O2. The van der Waals surface area contributed by atoms with E-state index in [1.165, 1.54) is 15.2 Å². The van der Waals surface area contributed by atoms with Crippen LogP contribution in [0.5, 0.6) is 11.5 Å². The average molecular weight is 549 g/mol. The SMILES string of the molecule is CC(C)(C)CC(C)(C)c1ccc(O)c(-n2nc3ccccc3n2)c1.Cc1ccc(O)c(-n2nc3ccccc3n2)c1. The number of aryl methyl sites for hydroxylation is 1. The number of aromatic nitrogens is 6. The van der Waals surface area contributed by atoms with Gasteiger partial charge in [0.15, 0.2) is 0 Å². The molecule has 0 amide bonds. The van der Waals surface area contributed by atoms with E-state index >= 15 is 0 Å². The molecule has 0 unspecified atom stereocenters. The minimum atomic E-state index is -0.00667. The van der Waals surface area contributed by atoms with Gasteiger partial charge in [0.1, 0.15) is 44.9 Å². The van der Waals surface area contributed by atoms with Gasteiger partial charge in [-0.15, -0.1) is 30.0 Å². The minimum Gasteiger partial charge on any atom is -0.506 e. The summed E-state index contributed by atoms with van der Waals surface area (Å²) in [4.78, 5) is 2.99. The van der Waals surface area contributed by atoms with E-state index in [-0.39, 0.29) is 22.3 Å². The lowest BCUT2D eigenvalue weighted by atomic mass is 9.72. The third-order valence-corrected chi connectivity index (χ3v) is 6.86. The Bertz CT molecular complexity index is 1760. The Labute approximate surface area is 239 Å². The van der Waals surface area contributed by atoms with E-state index < -0.39 is 0 Å². The number of aromatic hydroxyl groups is 2. The molecule has 0 saturated carbocycles. The molecule has 6 rings (SSSR count). The quantitative estimate of drug-likeness (QED) is 0.240. The fourth-order valence-corrected chi connectivity index (χ4v) is 5.26. The molecule has 210 valence electrons. The summed E-state index contributed by atoms with van der Waals surface area (Å²) in [6.07, 6.45) is 1.04. The van der Waals surface area contributed by atoms with E-state index in [1.54, 1.807) is 12.1 Å². The van der Waals surface area contributed by atoms with Gasteiger partial charge in [-0.3, -0.25) is 0 Å². The first kappa shape index (κ1) is 27.8. The Morgan fingerprint density at radius 3 is 1.44 bits per heavy atom. The van der Waals surface area contributed by atoms with Gasteiger partial charge < -0.3 is 10.2 Å². The predicted octanol–water partition coefficient (Wildman–Crippen LogP) is 7.27. The standard InChI is InChI=1S/C20H25N3O.C13H11N3O/c1-19(2,3)13-20(4,5)14-10-11-18(24)17(12-14)23-21-15-8-6-7-9-16(15)22-23;1-9-6-7-13(17)12(8-9)16-14-10-4-2-3-5-11(10)15-16/h6-12,24H,13H2,1-5H3;2-8,17H,1H3. The summed E-state index contributed by atoms with van der Waals surface area (Å²) < 4.78 is 0. The summed E-state index contributed by atoms with van der Waals surface area (Å²) in [5.41, 5.74) is 6.92. The van der Waals surface area contributed by atoms with Crippen LogP contribution in [0, 0.1) is 12.3 Å². The highest BCUT2D eigenvalue weighted by Crippen LogP contribution is 2.38. The highest BCUT2D eigenvalue weighted by molar-refractivity contribution is 5.74. The summed E-state index contributed by atoms with van der Waals surface area (Å²) in [6.45, 7) is 13.2. The lowest BCUT2D eigenvalue weighted by Crippen LogP contribution is -2.25. The third kappa shape index (κ3) is 6.22. The Morgan fingerprint density at radius 2 is 1.00 bits per heavy atom. The van der Waals surface area contributed by atoms with Crippen molar-refractivity contribution < 1.29 is 10.2 Å². The van der Waals surface area contributed by atoms with E-state index in [0.29, 0.717) is 11.4 Å². The van der Waals surface area contributed by atoms with Crippen LogP contribution < -0.4 is 0 Å². The largest absolute Gasteiger partial charge is 0.506 e. The fraction of sp³-hybridized carbons (Fsp3) is 0.273. The van der Waals surface area contributed by atoms with E-state index in [4.69, 9.17) is 0 Å². The maximum absolute atomic E-state index is 10.3. The summed E-state index contributed by atoms with van der Waals surface area (Å²) in [7, 11) is 0. The molecule has 0 saturated heterocycles. The molecule has 2 aromatic heterocycles. The molecule has 0 radical (unpaired) electrons. The van der Waals surface area contributed by atoms with Crippen LogP contribution in [-0.2, 0) is 5.41 Å². The number of hydrogen-bond donors (Lipinski definition) is 2. The second-order valence-corrected chi connectivity index (χ2v) is 12.3. The molecule has 8 nitrogen and oxygen atoms in total. The molecule has 4 aromatic carbocycles. The number of fused-ring (bicyclic) bond motifs is 2. The van der Waals surface area contributed by atoms with Gasteiger partial charge in [0.2, 0.25) is 0 Å². The molecule has 0 aliphatic rings. The highest BCUT2D eigenvalue weighted by Gasteiger charge is 2.28. The van der Waals surface area contributed by atoms with Crippen molar-refractivity contribution in [1.82, 2.24) is 30.0 Å². The minimum absolute atomic E-state index is 0.00667. The topological polar surface area (TPSA) is 102 Å². The third-order valence-electron chi connectivity index (χ3n) is 6.86. The fourth-order valence-electron chi connectivity index (χ4n) is 5.26. The molecule has 2 N–H and O–H groups in total. The van der Waals surface area contributed by atoms with Crippen molar-refractivity contribution in [2.75, 3.05) is 0 Å². The molecule has 0 bridgehead atoms.